The first kappa shape index (κ1) is 30.2. The van der Waals surface area contributed by atoms with E-state index < -0.39 is 54.6 Å². The third-order valence-electron chi connectivity index (χ3n) is 6.98. The first-order valence-electron chi connectivity index (χ1n) is 13.4. The van der Waals surface area contributed by atoms with Crippen LogP contribution in [0, 0.1) is 6.92 Å². The molecule has 14 nitrogen and oxygen atoms in total. The van der Waals surface area contributed by atoms with Crippen molar-refractivity contribution in [2.24, 2.45) is 4.99 Å². The molecule has 2 aliphatic rings. The molecule has 0 saturated carbocycles. The number of aromatic nitrogens is 1. The second-order valence-electron chi connectivity index (χ2n) is 10.1. The standard InChI is InChI=1S/C30H28N2O12/c1-12-10-17-19(32-28(37)21(17)22-23(36)16-8-6-7-9-18(16)31-22)11-20(12)43-30-27(42-15(4)35)25(41-14(3)34)24(40-13(2)33)26(44-30)29(38)39-5/h6-11,24-27,30,32,37H,1-5H3. The molecule has 5 atom stereocenters. The van der Waals surface area contributed by atoms with Gasteiger partial charge in [-0.2, -0.15) is 0 Å². The Morgan fingerprint density at radius 1 is 0.932 bits per heavy atom. The maximum absolute atomic E-state index is 13.1. The van der Waals surface area contributed by atoms with Gasteiger partial charge in [0.1, 0.15) is 11.5 Å². The van der Waals surface area contributed by atoms with Crippen LogP contribution in [-0.4, -0.2) is 83.3 Å². The third-order valence-corrected chi connectivity index (χ3v) is 6.98. The first-order valence-corrected chi connectivity index (χ1v) is 13.4. The van der Waals surface area contributed by atoms with Gasteiger partial charge in [0.25, 0.3) is 0 Å². The highest BCUT2D eigenvalue weighted by atomic mass is 16.7. The molecule has 0 aliphatic carbocycles. The zero-order valence-corrected chi connectivity index (χ0v) is 24.2. The van der Waals surface area contributed by atoms with Gasteiger partial charge in [-0.05, 0) is 30.7 Å². The minimum Gasteiger partial charge on any atom is -0.494 e. The fraction of sp³-hybridized carbons (Fsp3) is 0.333. The zero-order valence-electron chi connectivity index (χ0n) is 24.2. The van der Waals surface area contributed by atoms with E-state index in [1.807, 2.05) is 0 Å². The molecule has 5 unspecified atom stereocenters. The maximum Gasteiger partial charge on any atom is 0.339 e. The predicted molar refractivity (Wildman–Crippen MR) is 150 cm³/mol. The number of nitrogens with zero attached hydrogens (tertiary/aromatic N) is 1. The summed E-state index contributed by atoms with van der Waals surface area (Å²) < 4.78 is 32.8. The van der Waals surface area contributed by atoms with Gasteiger partial charge in [0.2, 0.25) is 18.2 Å². The number of aromatic hydroxyl groups is 1. The molecule has 2 aromatic carbocycles. The van der Waals surface area contributed by atoms with Gasteiger partial charge in [-0.15, -0.1) is 0 Å². The number of methoxy groups -OCH3 is 1. The Hall–Kier alpha value is -5.24. The number of ketones is 1. The number of rotatable bonds is 7. The van der Waals surface area contributed by atoms with Gasteiger partial charge in [0.05, 0.1) is 23.9 Å². The molecule has 3 aromatic rings. The number of benzene rings is 2. The predicted octanol–water partition coefficient (Wildman–Crippen LogP) is 2.57. The van der Waals surface area contributed by atoms with Crippen LogP contribution in [0.25, 0.3) is 10.9 Å². The number of esters is 4. The van der Waals surface area contributed by atoms with Crippen molar-refractivity contribution < 1.29 is 57.5 Å². The van der Waals surface area contributed by atoms with E-state index >= 15 is 0 Å². The number of para-hydroxylation sites is 1. The van der Waals surface area contributed by atoms with Crippen molar-refractivity contribution in [2.75, 3.05) is 7.11 Å². The number of Topliss-reactive ketones (excluding diaryl/α,β-unsaturated/α-hetero) is 1. The number of aryl methyl sites for hydroxylation is 1. The number of carbonyl (C=O) groups is 5. The lowest BCUT2D eigenvalue weighted by atomic mass is 9.97. The number of ether oxygens (including phenoxy) is 6. The van der Waals surface area contributed by atoms with Gasteiger partial charge in [0.15, 0.2) is 24.2 Å². The Kier molecular flexibility index (Phi) is 8.11. The number of carbonyl (C=O) groups excluding carboxylic acids is 5. The number of hydrogen-bond donors (Lipinski definition) is 2. The summed E-state index contributed by atoms with van der Waals surface area (Å²) >= 11 is 0. The van der Waals surface area contributed by atoms with Gasteiger partial charge in [-0.1, -0.05) is 12.1 Å². The Morgan fingerprint density at radius 2 is 1.57 bits per heavy atom. The topological polar surface area (TPSA) is 189 Å². The lowest BCUT2D eigenvalue weighted by molar-refractivity contribution is -0.282. The van der Waals surface area contributed by atoms with E-state index in [-0.39, 0.29) is 28.7 Å². The van der Waals surface area contributed by atoms with Crippen molar-refractivity contribution in [3.8, 4) is 11.6 Å². The quantitative estimate of drug-likeness (QED) is 0.295. The minimum absolute atomic E-state index is 0.0650. The van der Waals surface area contributed by atoms with Gasteiger partial charge in [0, 0.05) is 37.8 Å². The van der Waals surface area contributed by atoms with Crippen LogP contribution >= 0.6 is 0 Å². The molecule has 44 heavy (non-hydrogen) atoms. The van der Waals surface area contributed by atoms with Crippen LogP contribution < -0.4 is 4.74 Å². The van der Waals surface area contributed by atoms with E-state index in [1.165, 1.54) is 6.07 Å². The maximum atomic E-state index is 13.1. The van der Waals surface area contributed by atoms with Crippen LogP contribution in [0.5, 0.6) is 11.6 Å². The fourth-order valence-corrected chi connectivity index (χ4v) is 5.21. The molecule has 2 aliphatic heterocycles. The number of fused-ring (bicyclic) bond motifs is 2. The summed E-state index contributed by atoms with van der Waals surface area (Å²) in [7, 11) is 1.08. The molecule has 0 bridgehead atoms. The molecule has 1 fully saturated rings. The van der Waals surface area contributed by atoms with Crippen molar-refractivity contribution in [1.29, 1.82) is 0 Å². The van der Waals surface area contributed by atoms with Gasteiger partial charge in [-0.3, -0.25) is 19.2 Å². The normalized spacial score (nSPS) is 22.5. The van der Waals surface area contributed by atoms with Crippen LogP contribution in [-0.2, 0) is 42.9 Å². The van der Waals surface area contributed by atoms with Gasteiger partial charge < -0.3 is 38.5 Å². The average molecular weight is 609 g/mol. The summed E-state index contributed by atoms with van der Waals surface area (Å²) in [5.74, 6) is -3.94. The van der Waals surface area contributed by atoms with Crippen LogP contribution in [0.1, 0.15) is 42.3 Å². The molecule has 0 amide bonds. The van der Waals surface area contributed by atoms with Crippen LogP contribution in [0.3, 0.4) is 0 Å². The molecule has 1 saturated heterocycles. The van der Waals surface area contributed by atoms with Crippen molar-refractivity contribution >= 4 is 52.0 Å². The van der Waals surface area contributed by atoms with E-state index in [0.717, 1.165) is 27.9 Å². The highest BCUT2D eigenvalue weighted by Gasteiger charge is 2.56. The fourth-order valence-electron chi connectivity index (χ4n) is 5.21. The molecule has 230 valence electrons. The molecular formula is C30H28N2O12. The molecule has 5 rings (SSSR count). The molecule has 14 heteroatoms. The summed E-state index contributed by atoms with van der Waals surface area (Å²) in [5, 5.41) is 11.3. The lowest BCUT2D eigenvalue weighted by Gasteiger charge is -2.43. The monoisotopic (exact) mass is 608 g/mol. The minimum atomic E-state index is -1.64. The highest BCUT2D eigenvalue weighted by molar-refractivity contribution is 6.56. The van der Waals surface area contributed by atoms with E-state index in [4.69, 9.17) is 28.4 Å². The highest BCUT2D eigenvalue weighted by Crippen LogP contribution is 2.39. The molecular weight excluding hydrogens is 580 g/mol. The SMILES string of the molecule is COC(=O)C1OC(Oc2cc3[nH]c(O)c(C4=Nc5ccccc5C4=O)c3cc2C)C(OC(C)=O)C(OC(C)=O)C1OC(C)=O. The smallest absolute Gasteiger partial charge is 0.339 e. The van der Waals surface area contributed by atoms with Crippen LogP contribution in [0.15, 0.2) is 41.4 Å². The van der Waals surface area contributed by atoms with Crippen molar-refractivity contribution in [1.82, 2.24) is 4.98 Å². The molecule has 0 radical (unpaired) electrons. The number of aromatic amines is 1. The van der Waals surface area contributed by atoms with Crippen molar-refractivity contribution in [2.45, 2.75) is 58.4 Å². The summed E-state index contributed by atoms with van der Waals surface area (Å²) in [5.41, 5.74) is 1.99. The third kappa shape index (κ3) is 5.58. The first-order chi connectivity index (χ1) is 20.9. The Balaban J connectivity index is 1.54. The van der Waals surface area contributed by atoms with E-state index in [0.29, 0.717) is 27.7 Å². The summed E-state index contributed by atoms with van der Waals surface area (Å²) in [6, 6.07) is 9.97. The Morgan fingerprint density at radius 3 is 2.20 bits per heavy atom. The Bertz CT molecular complexity index is 1720. The van der Waals surface area contributed by atoms with E-state index in [9.17, 15) is 29.1 Å². The summed E-state index contributed by atoms with van der Waals surface area (Å²) in [4.78, 5) is 69.2. The second-order valence-corrected chi connectivity index (χ2v) is 10.1. The number of nitrogens with one attached hydrogen (secondary N) is 1. The Labute approximate surface area is 249 Å². The van der Waals surface area contributed by atoms with Crippen LogP contribution in [0.2, 0.25) is 0 Å². The van der Waals surface area contributed by atoms with Crippen molar-refractivity contribution in [3.63, 3.8) is 0 Å². The lowest BCUT2D eigenvalue weighted by Crippen LogP contribution is -2.64. The molecule has 3 heterocycles. The summed E-state index contributed by atoms with van der Waals surface area (Å²) in [6.07, 6.45) is -7.79. The van der Waals surface area contributed by atoms with Crippen LogP contribution in [0.4, 0.5) is 5.69 Å². The number of aliphatic imine (C=N–C) groups is 1. The van der Waals surface area contributed by atoms with Gasteiger partial charge in [-0.25, -0.2) is 9.79 Å². The molecule has 1 aromatic heterocycles. The largest absolute Gasteiger partial charge is 0.494 e. The van der Waals surface area contributed by atoms with Crippen molar-refractivity contribution in [3.05, 3.63) is 53.1 Å². The molecule has 0 spiro atoms. The summed E-state index contributed by atoms with van der Waals surface area (Å²) in [6.45, 7) is 4.92. The average Bonchev–Trinajstić information content (AvgIpc) is 3.45. The second kappa shape index (κ2) is 11.8. The molecule has 2 N–H and O–H groups in total. The van der Waals surface area contributed by atoms with E-state index in [2.05, 4.69) is 9.98 Å². The number of hydrogen-bond acceptors (Lipinski definition) is 13. The zero-order chi connectivity index (χ0) is 31.9. The van der Waals surface area contributed by atoms with Gasteiger partial charge >= 0.3 is 23.9 Å². The van der Waals surface area contributed by atoms with E-state index in [1.54, 1.807) is 37.3 Å². The number of H-pyrrole nitrogens is 1.